The largest absolute Gasteiger partial charge is 0.478 e. The molecule has 6 nitrogen and oxygen atoms in total. The number of carbonyl (C=O) groups is 2. The van der Waals surface area contributed by atoms with Gasteiger partial charge in [0.2, 0.25) is 0 Å². The number of hydrogen-bond donors (Lipinski definition) is 2. The van der Waals surface area contributed by atoms with Crippen LogP contribution in [0.1, 0.15) is 23.0 Å². The molecule has 0 atom stereocenters. The summed E-state index contributed by atoms with van der Waals surface area (Å²) >= 11 is 0. The van der Waals surface area contributed by atoms with E-state index in [1.54, 1.807) is 31.3 Å². The number of aromatic nitrogens is 1. The Labute approximate surface area is 126 Å². The SMILES string of the molecule is CC1=NN(c2ccc(C(=O)O)cc2)C(=O)/C1=C/c1ccc[nH]1. The second kappa shape index (κ2) is 5.33. The van der Waals surface area contributed by atoms with Crippen molar-refractivity contribution in [3.05, 3.63) is 59.4 Å². The van der Waals surface area contributed by atoms with Gasteiger partial charge in [-0.25, -0.2) is 4.79 Å². The number of nitrogens with one attached hydrogen (secondary N) is 1. The molecule has 6 heteroatoms. The molecule has 1 aromatic carbocycles. The number of rotatable bonds is 3. The lowest BCUT2D eigenvalue weighted by atomic mass is 10.1. The van der Waals surface area contributed by atoms with E-state index in [9.17, 15) is 9.59 Å². The highest BCUT2D eigenvalue weighted by Crippen LogP contribution is 2.25. The second-order valence-corrected chi connectivity index (χ2v) is 4.84. The number of carbonyl (C=O) groups excluding carboxylic acids is 1. The van der Waals surface area contributed by atoms with Gasteiger partial charge in [-0.15, -0.1) is 0 Å². The van der Waals surface area contributed by atoms with E-state index in [-0.39, 0.29) is 11.5 Å². The van der Waals surface area contributed by atoms with Crippen molar-refractivity contribution in [3.8, 4) is 0 Å². The molecule has 2 N–H and O–H groups in total. The second-order valence-electron chi connectivity index (χ2n) is 4.84. The standard InChI is InChI=1S/C16H13N3O3/c1-10-14(9-12-3-2-8-17-12)15(20)19(18-10)13-6-4-11(5-7-13)16(21)22/h2-9,17H,1H3,(H,21,22)/b14-9+. The molecule has 0 bridgehead atoms. The molecule has 1 amide bonds. The molecule has 1 aliphatic heterocycles. The third kappa shape index (κ3) is 2.42. The van der Waals surface area contributed by atoms with Crippen molar-refractivity contribution in [1.29, 1.82) is 0 Å². The number of aromatic carboxylic acids is 1. The highest BCUT2D eigenvalue weighted by molar-refractivity contribution is 6.32. The van der Waals surface area contributed by atoms with Gasteiger partial charge in [-0.05, 0) is 49.4 Å². The molecule has 0 radical (unpaired) electrons. The summed E-state index contributed by atoms with van der Waals surface area (Å²) in [7, 11) is 0. The van der Waals surface area contributed by atoms with Gasteiger partial charge >= 0.3 is 5.97 Å². The molecule has 3 rings (SSSR count). The first kappa shape index (κ1) is 13.8. The van der Waals surface area contributed by atoms with Crippen LogP contribution in [0.3, 0.4) is 0 Å². The number of hydrazone groups is 1. The Balaban J connectivity index is 1.91. The molecule has 2 heterocycles. The van der Waals surface area contributed by atoms with Gasteiger partial charge in [0.15, 0.2) is 0 Å². The number of amides is 1. The Kier molecular flexibility index (Phi) is 3.34. The normalized spacial score (nSPS) is 16.2. The van der Waals surface area contributed by atoms with Crippen LogP contribution in [0.15, 0.2) is 53.3 Å². The predicted octanol–water partition coefficient (Wildman–Crippen LogP) is 2.52. The van der Waals surface area contributed by atoms with Crippen LogP contribution in [-0.4, -0.2) is 27.7 Å². The van der Waals surface area contributed by atoms with E-state index in [4.69, 9.17) is 5.11 Å². The molecule has 0 unspecified atom stereocenters. The molecule has 0 saturated heterocycles. The van der Waals surface area contributed by atoms with Gasteiger partial charge in [0.1, 0.15) is 0 Å². The maximum absolute atomic E-state index is 12.5. The Morgan fingerprint density at radius 1 is 1.27 bits per heavy atom. The summed E-state index contributed by atoms with van der Waals surface area (Å²) in [6.45, 7) is 1.76. The highest BCUT2D eigenvalue weighted by atomic mass is 16.4. The number of nitrogens with zero attached hydrogens (tertiary/aromatic N) is 2. The lowest BCUT2D eigenvalue weighted by Gasteiger charge is -2.11. The summed E-state index contributed by atoms with van der Waals surface area (Å²) < 4.78 is 0. The zero-order valence-corrected chi connectivity index (χ0v) is 11.8. The molecule has 0 aliphatic carbocycles. The number of aromatic amines is 1. The van der Waals surface area contributed by atoms with Crippen LogP contribution in [0, 0.1) is 0 Å². The molecule has 22 heavy (non-hydrogen) atoms. The monoisotopic (exact) mass is 295 g/mol. The van der Waals surface area contributed by atoms with Crippen molar-refractivity contribution in [1.82, 2.24) is 4.98 Å². The Morgan fingerprint density at radius 3 is 2.59 bits per heavy atom. The number of carboxylic acid groups (broad SMARTS) is 1. The van der Waals surface area contributed by atoms with Crippen LogP contribution in [0.2, 0.25) is 0 Å². The molecule has 1 aliphatic rings. The summed E-state index contributed by atoms with van der Waals surface area (Å²) in [6.07, 6.45) is 3.52. The van der Waals surface area contributed by atoms with E-state index >= 15 is 0 Å². The van der Waals surface area contributed by atoms with Crippen molar-refractivity contribution < 1.29 is 14.7 Å². The third-order valence-corrected chi connectivity index (χ3v) is 3.34. The van der Waals surface area contributed by atoms with E-state index in [0.717, 1.165) is 5.69 Å². The maximum Gasteiger partial charge on any atom is 0.335 e. The first-order valence-corrected chi connectivity index (χ1v) is 6.65. The summed E-state index contributed by atoms with van der Waals surface area (Å²) in [5.74, 6) is -1.25. The topological polar surface area (TPSA) is 85.8 Å². The van der Waals surface area contributed by atoms with Crippen LogP contribution in [-0.2, 0) is 4.79 Å². The van der Waals surface area contributed by atoms with Crippen molar-refractivity contribution in [3.63, 3.8) is 0 Å². The summed E-state index contributed by atoms with van der Waals surface area (Å²) in [5.41, 5.74) is 2.63. The minimum atomic E-state index is -1.01. The highest BCUT2D eigenvalue weighted by Gasteiger charge is 2.28. The van der Waals surface area contributed by atoms with Gasteiger partial charge in [0.05, 0.1) is 22.5 Å². The summed E-state index contributed by atoms with van der Waals surface area (Å²) in [6, 6.07) is 9.73. The van der Waals surface area contributed by atoms with E-state index in [1.165, 1.54) is 17.1 Å². The fourth-order valence-electron chi connectivity index (χ4n) is 2.19. The molecule has 0 saturated carbocycles. The van der Waals surface area contributed by atoms with Crippen molar-refractivity contribution in [2.24, 2.45) is 5.10 Å². The molecular formula is C16H13N3O3. The smallest absolute Gasteiger partial charge is 0.335 e. The maximum atomic E-state index is 12.5. The van der Waals surface area contributed by atoms with Crippen LogP contribution < -0.4 is 5.01 Å². The number of H-pyrrole nitrogens is 1. The van der Waals surface area contributed by atoms with Gasteiger partial charge < -0.3 is 10.1 Å². The average Bonchev–Trinajstić information content (AvgIpc) is 3.11. The average molecular weight is 295 g/mol. The van der Waals surface area contributed by atoms with Gasteiger partial charge in [0.25, 0.3) is 5.91 Å². The zero-order chi connectivity index (χ0) is 15.7. The number of benzene rings is 1. The Bertz CT molecular complexity index is 787. The number of anilines is 1. The van der Waals surface area contributed by atoms with E-state index in [1.807, 2.05) is 12.1 Å². The first-order valence-electron chi connectivity index (χ1n) is 6.65. The first-order chi connectivity index (χ1) is 10.6. The minimum absolute atomic E-state index is 0.165. The predicted molar refractivity (Wildman–Crippen MR) is 82.8 cm³/mol. The molecule has 0 fully saturated rings. The van der Waals surface area contributed by atoms with Crippen molar-refractivity contribution in [2.75, 3.05) is 5.01 Å². The Morgan fingerprint density at radius 2 is 2.00 bits per heavy atom. The van der Waals surface area contributed by atoms with E-state index in [2.05, 4.69) is 10.1 Å². The van der Waals surface area contributed by atoms with Crippen LogP contribution >= 0.6 is 0 Å². The van der Waals surface area contributed by atoms with Gasteiger partial charge in [0, 0.05) is 11.9 Å². The zero-order valence-electron chi connectivity index (χ0n) is 11.8. The fraction of sp³-hybridized carbons (Fsp3) is 0.0625. The van der Waals surface area contributed by atoms with Gasteiger partial charge in [-0.3, -0.25) is 4.79 Å². The van der Waals surface area contributed by atoms with E-state index in [0.29, 0.717) is 17.0 Å². The minimum Gasteiger partial charge on any atom is -0.478 e. The van der Waals surface area contributed by atoms with Crippen LogP contribution in [0.4, 0.5) is 5.69 Å². The molecule has 1 aromatic heterocycles. The van der Waals surface area contributed by atoms with Crippen molar-refractivity contribution >= 4 is 29.4 Å². The van der Waals surface area contributed by atoms with Crippen LogP contribution in [0.5, 0.6) is 0 Å². The summed E-state index contributed by atoms with van der Waals surface area (Å²) in [5, 5.41) is 14.4. The summed E-state index contributed by atoms with van der Waals surface area (Å²) in [4.78, 5) is 26.3. The molecular weight excluding hydrogens is 282 g/mol. The van der Waals surface area contributed by atoms with Gasteiger partial charge in [-0.1, -0.05) is 0 Å². The fourth-order valence-corrected chi connectivity index (χ4v) is 2.19. The number of carboxylic acids is 1. The third-order valence-electron chi connectivity index (χ3n) is 3.34. The van der Waals surface area contributed by atoms with E-state index < -0.39 is 5.97 Å². The van der Waals surface area contributed by atoms with Crippen LogP contribution in [0.25, 0.3) is 6.08 Å². The lowest BCUT2D eigenvalue weighted by molar-refractivity contribution is -0.114. The number of hydrogen-bond acceptors (Lipinski definition) is 3. The molecule has 0 spiro atoms. The van der Waals surface area contributed by atoms with Crippen molar-refractivity contribution in [2.45, 2.75) is 6.92 Å². The van der Waals surface area contributed by atoms with Gasteiger partial charge in [-0.2, -0.15) is 10.1 Å². The molecule has 110 valence electrons. The lowest BCUT2D eigenvalue weighted by Crippen LogP contribution is -2.21. The quantitative estimate of drug-likeness (QED) is 0.853. The molecule has 2 aromatic rings. The Hall–Kier alpha value is -3.15.